The fourth-order valence-electron chi connectivity index (χ4n) is 3.57. The number of para-hydroxylation sites is 1. The van der Waals surface area contributed by atoms with Crippen molar-refractivity contribution in [1.82, 2.24) is 15.3 Å². The van der Waals surface area contributed by atoms with Gasteiger partial charge in [0, 0.05) is 54.6 Å². The summed E-state index contributed by atoms with van der Waals surface area (Å²) in [6.07, 6.45) is 0. The Morgan fingerprint density at radius 1 is 1.00 bits per heavy atom. The number of ether oxygens (including phenoxy) is 1. The topological polar surface area (TPSA) is 70.6 Å². The summed E-state index contributed by atoms with van der Waals surface area (Å²) >= 11 is 3.49. The highest BCUT2D eigenvalue weighted by atomic mass is 79.9. The van der Waals surface area contributed by atoms with Gasteiger partial charge in [0.05, 0.1) is 0 Å². The van der Waals surface area contributed by atoms with Gasteiger partial charge in [-0.25, -0.2) is 4.98 Å². The Labute approximate surface area is 196 Å². The van der Waals surface area contributed by atoms with Gasteiger partial charge in [0.15, 0.2) is 6.61 Å². The van der Waals surface area contributed by atoms with E-state index in [1.54, 1.807) is 6.07 Å². The quantitative estimate of drug-likeness (QED) is 0.540. The highest BCUT2D eigenvalue weighted by Crippen LogP contribution is 2.20. The number of aryl methyl sites for hydroxylation is 1. The molecule has 32 heavy (non-hydrogen) atoms. The van der Waals surface area contributed by atoms with Crippen molar-refractivity contribution in [2.45, 2.75) is 13.5 Å². The smallest absolute Gasteiger partial charge is 0.258 e. The summed E-state index contributed by atoms with van der Waals surface area (Å²) in [6, 6.07) is 20.0. The zero-order chi connectivity index (χ0) is 22.3. The number of amides is 1. The van der Waals surface area contributed by atoms with Gasteiger partial charge in [-0.1, -0.05) is 52.3 Å². The summed E-state index contributed by atoms with van der Waals surface area (Å²) < 4.78 is 6.64. The predicted octanol–water partition coefficient (Wildman–Crippen LogP) is 3.57. The van der Waals surface area contributed by atoms with Crippen LogP contribution in [-0.4, -0.2) is 48.7 Å². The van der Waals surface area contributed by atoms with Crippen LogP contribution in [-0.2, 0) is 11.3 Å². The fraction of sp³-hybridized carbons (Fsp3) is 0.292. The number of hydrogen-bond acceptors (Lipinski definition) is 6. The molecule has 0 saturated carbocycles. The number of anilines is 2. The lowest BCUT2D eigenvalue weighted by Crippen LogP contribution is -2.47. The summed E-state index contributed by atoms with van der Waals surface area (Å²) in [7, 11) is 0. The van der Waals surface area contributed by atoms with E-state index >= 15 is 0 Å². The molecule has 7 nitrogen and oxygen atoms in total. The summed E-state index contributed by atoms with van der Waals surface area (Å²) in [5, 5.41) is 2.87. The van der Waals surface area contributed by atoms with Crippen LogP contribution >= 0.6 is 15.9 Å². The maximum absolute atomic E-state index is 12.2. The number of aromatic nitrogens is 2. The first-order chi connectivity index (χ1) is 15.6. The molecule has 0 radical (unpaired) electrons. The highest BCUT2D eigenvalue weighted by Gasteiger charge is 2.20. The average molecular weight is 496 g/mol. The minimum Gasteiger partial charge on any atom is -0.467 e. The molecule has 1 aromatic heterocycles. The molecule has 8 heteroatoms. The van der Waals surface area contributed by atoms with Crippen molar-refractivity contribution in [3.8, 4) is 5.88 Å². The number of nitrogens with zero attached hydrogens (tertiary/aromatic N) is 4. The van der Waals surface area contributed by atoms with Crippen LogP contribution in [0.4, 0.5) is 11.6 Å². The van der Waals surface area contributed by atoms with Crippen LogP contribution in [0.2, 0.25) is 0 Å². The van der Waals surface area contributed by atoms with Crippen LogP contribution in [0.25, 0.3) is 0 Å². The van der Waals surface area contributed by atoms with Gasteiger partial charge in [0.1, 0.15) is 0 Å². The normalized spacial score (nSPS) is 13.7. The number of carbonyl (C=O) groups is 1. The molecule has 1 aliphatic rings. The maximum Gasteiger partial charge on any atom is 0.258 e. The zero-order valence-corrected chi connectivity index (χ0v) is 19.6. The lowest BCUT2D eigenvalue weighted by Gasteiger charge is -2.36. The van der Waals surface area contributed by atoms with Gasteiger partial charge in [0.25, 0.3) is 5.91 Å². The van der Waals surface area contributed by atoms with Gasteiger partial charge in [0.2, 0.25) is 11.8 Å². The van der Waals surface area contributed by atoms with E-state index in [2.05, 4.69) is 65.3 Å². The zero-order valence-electron chi connectivity index (χ0n) is 18.0. The minimum atomic E-state index is -0.199. The molecule has 1 N–H and O–H groups in total. The SMILES string of the molecule is Cc1cc(OCC(=O)NCc2ccccc2Br)nc(N2CCN(c3ccccc3)CC2)n1. The molecule has 1 fully saturated rings. The number of halogens is 1. The largest absolute Gasteiger partial charge is 0.467 e. The van der Waals surface area contributed by atoms with E-state index in [1.165, 1.54) is 5.69 Å². The van der Waals surface area contributed by atoms with Crippen LogP contribution < -0.4 is 19.9 Å². The van der Waals surface area contributed by atoms with Gasteiger partial charge in [-0.05, 0) is 30.7 Å². The molecule has 0 aliphatic carbocycles. The molecule has 3 aromatic rings. The molecule has 2 aromatic carbocycles. The third kappa shape index (κ3) is 5.76. The lowest BCUT2D eigenvalue weighted by atomic mass is 10.2. The summed E-state index contributed by atoms with van der Waals surface area (Å²) in [5.41, 5.74) is 3.05. The van der Waals surface area contributed by atoms with Crippen LogP contribution in [0.5, 0.6) is 5.88 Å². The molecule has 0 unspecified atom stereocenters. The Kier molecular flexibility index (Phi) is 7.21. The Balaban J connectivity index is 1.31. The molecule has 0 atom stereocenters. The average Bonchev–Trinajstić information content (AvgIpc) is 2.82. The molecule has 0 spiro atoms. The van der Waals surface area contributed by atoms with Crippen molar-refractivity contribution in [3.05, 3.63) is 76.4 Å². The molecule has 166 valence electrons. The number of piperazine rings is 1. The number of rotatable bonds is 7. The molecular weight excluding hydrogens is 470 g/mol. The Hall–Kier alpha value is -3.13. The maximum atomic E-state index is 12.2. The van der Waals surface area contributed by atoms with E-state index in [-0.39, 0.29) is 12.5 Å². The van der Waals surface area contributed by atoms with Crippen LogP contribution in [0, 0.1) is 6.92 Å². The molecule has 1 saturated heterocycles. The Morgan fingerprint density at radius 2 is 1.69 bits per heavy atom. The van der Waals surface area contributed by atoms with Gasteiger partial charge in [-0.15, -0.1) is 0 Å². The molecule has 1 amide bonds. The second-order valence-corrected chi connectivity index (χ2v) is 8.47. The summed E-state index contributed by atoms with van der Waals surface area (Å²) in [4.78, 5) is 25.9. The molecular formula is C24H26BrN5O2. The van der Waals surface area contributed by atoms with Crippen LogP contribution in [0.3, 0.4) is 0 Å². The Morgan fingerprint density at radius 3 is 2.44 bits per heavy atom. The highest BCUT2D eigenvalue weighted by molar-refractivity contribution is 9.10. The van der Waals surface area contributed by atoms with Crippen molar-refractivity contribution in [3.63, 3.8) is 0 Å². The lowest BCUT2D eigenvalue weighted by molar-refractivity contribution is -0.123. The van der Waals surface area contributed by atoms with E-state index in [1.807, 2.05) is 37.3 Å². The number of nitrogens with one attached hydrogen (secondary N) is 1. The number of carbonyl (C=O) groups excluding carboxylic acids is 1. The minimum absolute atomic E-state index is 0.0951. The molecule has 2 heterocycles. The first-order valence-corrected chi connectivity index (χ1v) is 11.4. The van der Waals surface area contributed by atoms with E-state index in [0.717, 1.165) is 41.9 Å². The van der Waals surface area contributed by atoms with Crippen molar-refractivity contribution < 1.29 is 9.53 Å². The summed E-state index contributed by atoms with van der Waals surface area (Å²) in [6.45, 7) is 5.69. The first-order valence-electron chi connectivity index (χ1n) is 10.6. The number of hydrogen-bond donors (Lipinski definition) is 1. The van der Waals surface area contributed by atoms with E-state index in [0.29, 0.717) is 18.4 Å². The number of benzene rings is 2. The predicted molar refractivity (Wildman–Crippen MR) is 129 cm³/mol. The molecule has 1 aliphatic heterocycles. The standard InChI is InChI=1S/C24H26BrN5O2/c1-18-15-23(32-17-22(31)26-16-19-7-5-6-10-21(19)25)28-24(27-18)30-13-11-29(12-14-30)20-8-3-2-4-9-20/h2-10,15H,11-14,16-17H2,1H3,(H,26,31). The van der Waals surface area contributed by atoms with Gasteiger partial charge in [-0.3, -0.25) is 4.79 Å². The van der Waals surface area contributed by atoms with Crippen molar-refractivity contribution in [1.29, 1.82) is 0 Å². The van der Waals surface area contributed by atoms with Gasteiger partial charge < -0.3 is 19.9 Å². The third-order valence-corrected chi connectivity index (χ3v) is 6.06. The van der Waals surface area contributed by atoms with Crippen molar-refractivity contribution >= 4 is 33.5 Å². The molecule has 0 bridgehead atoms. The summed E-state index contributed by atoms with van der Waals surface area (Å²) in [5.74, 6) is 0.852. The van der Waals surface area contributed by atoms with Crippen LogP contribution in [0.1, 0.15) is 11.3 Å². The van der Waals surface area contributed by atoms with Crippen molar-refractivity contribution in [2.75, 3.05) is 42.6 Å². The Bertz CT molecular complexity index is 1060. The third-order valence-electron chi connectivity index (χ3n) is 5.29. The van der Waals surface area contributed by atoms with Gasteiger partial charge >= 0.3 is 0 Å². The molecule has 4 rings (SSSR count). The first kappa shape index (κ1) is 22.1. The second kappa shape index (κ2) is 10.5. The fourth-order valence-corrected chi connectivity index (χ4v) is 3.99. The van der Waals surface area contributed by atoms with E-state index < -0.39 is 0 Å². The monoisotopic (exact) mass is 495 g/mol. The van der Waals surface area contributed by atoms with Gasteiger partial charge in [-0.2, -0.15) is 4.98 Å². The van der Waals surface area contributed by atoms with Crippen LogP contribution in [0.15, 0.2) is 65.1 Å². The van der Waals surface area contributed by atoms with E-state index in [4.69, 9.17) is 4.74 Å². The van der Waals surface area contributed by atoms with Crippen molar-refractivity contribution in [2.24, 2.45) is 0 Å². The van der Waals surface area contributed by atoms with E-state index in [9.17, 15) is 4.79 Å². The second-order valence-electron chi connectivity index (χ2n) is 7.61.